The van der Waals surface area contributed by atoms with E-state index in [9.17, 15) is 9.18 Å². The number of benzene rings is 2. The lowest BCUT2D eigenvalue weighted by Crippen LogP contribution is -2.24. The number of nitrogens with zero attached hydrogens (tertiary/aromatic N) is 1. The fourth-order valence-corrected chi connectivity index (χ4v) is 2.18. The average molecular weight is 342 g/mol. The van der Waals surface area contributed by atoms with Crippen molar-refractivity contribution < 1.29 is 13.9 Å². The Hall–Kier alpha value is -2.69. The van der Waals surface area contributed by atoms with E-state index in [1.807, 2.05) is 19.1 Å². The number of carbonyl (C=O) groups is 1. The molecule has 0 bridgehead atoms. The number of hydrogen-bond donors (Lipinski definition) is 1. The van der Waals surface area contributed by atoms with E-state index in [4.69, 9.17) is 4.74 Å². The van der Waals surface area contributed by atoms with Crippen molar-refractivity contribution in [2.75, 3.05) is 6.61 Å². The highest BCUT2D eigenvalue weighted by Gasteiger charge is 2.15. The molecule has 2 aromatic carbocycles. The van der Waals surface area contributed by atoms with Gasteiger partial charge in [-0.3, -0.25) is 4.79 Å². The van der Waals surface area contributed by atoms with Gasteiger partial charge in [0.15, 0.2) is 6.61 Å². The Morgan fingerprint density at radius 2 is 1.88 bits per heavy atom. The SMILES string of the molecule is Cc1cc(C(C)(C)C)ccc1OCC(=O)N/N=C/c1ccc(F)cc1. The second-order valence-corrected chi connectivity index (χ2v) is 6.86. The van der Waals surface area contributed by atoms with Gasteiger partial charge in [-0.15, -0.1) is 0 Å². The zero-order valence-electron chi connectivity index (χ0n) is 15.0. The smallest absolute Gasteiger partial charge is 0.277 e. The maximum atomic E-state index is 12.8. The average Bonchev–Trinajstić information content (AvgIpc) is 2.54. The third kappa shape index (κ3) is 5.71. The maximum absolute atomic E-state index is 12.8. The molecular weight excluding hydrogens is 319 g/mol. The second-order valence-electron chi connectivity index (χ2n) is 6.86. The van der Waals surface area contributed by atoms with Crippen LogP contribution in [0.15, 0.2) is 47.6 Å². The lowest BCUT2D eigenvalue weighted by atomic mass is 9.86. The Balaban J connectivity index is 1.86. The Morgan fingerprint density at radius 1 is 1.20 bits per heavy atom. The van der Waals surface area contributed by atoms with Gasteiger partial charge in [0.1, 0.15) is 11.6 Å². The summed E-state index contributed by atoms with van der Waals surface area (Å²) in [5.41, 5.74) is 5.33. The number of amides is 1. The number of aryl methyl sites for hydroxylation is 1. The van der Waals surface area contributed by atoms with E-state index in [1.165, 1.54) is 23.9 Å². The summed E-state index contributed by atoms with van der Waals surface area (Å²) in [4.78, 5) is 11.8. The van der Waals surface area contributed by atoms with Crippen LogP contribution in [0.2, 0.25) is 0 Å². The van der Waals surface area contributed by atoms with Crippen molar-refractivity contribution in [1.29, 1.82) is 0 Å². The van der Waals surface area contributed by atoms with Gasteiger partial charge in [0.05, 0.1) is 6.21 Å². The summed E-state index contributed by atoms with van der Waals surface area (Å²) in [6.45, 7) is 8.27. The molecule has 0 aliphatic rings. The molecule has 0 aliphatic carbocycles. The summed E-state index contributed by atoms with van der Waals surface area (Å²) in [6.07, 6.45) is 1.45. The monoisotopic (exact) mass is 342 g/mol. The fourth-order valence-electron chi connectivity index (χ4n) is 2.18. The number of nitrogens with one attached hydrogen (secondary N) is 1. The predicted molar refractivity (Wildman–Crippen MR) is 97.5 cm³/mol. The van der Waals surface area contributed by atoms with Crippen LogP contribution in [0.5, 0.6) is 5.75 Å². The van der Waals surface area contributed by atoms with E-state index in [-0.39, 0.29) is 23.7 Å². The predicted octanol–water partition coefficient (Wildman–Crippen LogP) is 3.96. The molecule has 1 N–H and O–H groups in total. The first-order chi connectivity index (χ1) is 11.8. The zero-order valence-corrected chi connectivity index (χ0v) is 15.0. The summed E-state index contributed by atoms with van der Waals surface area (Å²) in [5.74, 6) is -0.00856. The molecule has 132 valence electrons. The summed E-state index contributed by atoms with van der Waals surface area (Å²) < 4.78 is 18.3. The minimum absolute atomic E-state index is 0.0652. The van der Waals surface area contributed by atoms with Crippen LogP contribution in [0, 0.1) is 12.7 Å². The van der Waals surface area contributed by atoms with Crippen molar-refractivity contribution in [3.63, 3.8) is 0 Å². The van der Waals surface area contributed by atoms with Gasteiger partial charge in [-0.05, 0) is 47.2 Å². The lowest BCUT2D eigenvalue weighted by Gasteiger charge is -2.20. The topological polar surface area (TPSA) is 50.7 Å². The molecule has 0 spiro atoms. The van der Waals surface area contributed by atoms with E-state index >= 15 is 0 Å². The molecule has 0 saturated heterocycles. The molecule has 0 unspecified atom stereocenters. The third-order valence-electron chi connectivity index (χ3n) is 3.67. The molecule has 0 aromatic heterocycles. The van der Waals surface area contributed by atoms with E-state index in [1.54, 1.807) is 12.1 Å². The van der Waals surface area contributed by atoms with E-state index in [2.05, 4.69) is 37.4 Å². The molecule has 1 amide bonds. The Kier molecular flexibility index (Phi) is 5.91. The third-order valence-corrected chi connectivity index (χ3v) is 3.67. The summed E-state index contributed by atoms with van der Waals surface area (Å²) in [7, 11) is 0. The summed E-state index contributed by atoms with van der Waals surface area (Å²) >= 11 is 0. The largest absolute Gasteiger partial charge is 0.483 e. The Morgan fingerprint density at radius 3 is 2.48 bits per heavy atom. The van der Waals surface area contributed by atoms with Gasteiger partial charge in [0.25, 0.3) is 5.91 Å². The zero-order chi connectivity index (χ0) is 18.4. The van der Waals surface area contributed by atoms with E-state index in [0.29, 0.717) is 11.3 Å². The normalized spacial score (nSPS) is 11.6. The van der Waals surface area contributed by atoms with Crippen molar-refractivity contribution in [3.05, 3.63) is 65.0 Å². The summed E-state index contributed by atoms with van der Waals surface area (Å²) in [5, 5.41) is 3.83. The lowest BCUT2D eigenvalue weighted by molar-refractivity contribution is -0.123. The molecule has 25 heavy (non-hydrogen) atoms. The summed E-state index contributed by atoms with van der Waals surface area (Å²) in [6, 6.07) is 11.8. The number of halogens is 1. The van der Waals surface area contributed by atoms with Gasteiger partial charge in [-0.25, -0.2) is 9.82 Å². The molecule has 5 heteroatoms. The van der Waals surface area contributed by atoms with Gasteiger partial charge >= 0.3 is 0 Å². The van der Waals surface area contributed by atoms with Crippen LogP contribution in [0.1, 0.15) is 37.5 Å². The molecule has 0 heterocycles. The van der Waals surface area contributed by atoms with Gasteiger partial charge in [-0.2, -0.15) is 5.10 Å². The van der Waals surface area contributed by atoms with Crippen LogP contribution in [-0.4, -0.2) is 18.7 Å². The van der Waals surface area contributed by atoms with Gasteiger partial charge in [0.2, 0.25) is 0 Å². The van der Waals surface area contributed by atoms with Gasteiger partial charge in [0, 0.05) is 0 Å². The Bertz CT molecular complexity index is 762. The number of rotatable bonds is 5. The number of ether oxygens (including phenoxy) is 1. The van der Waals surface area contributed by atoms with Crippen LogP contribution >= 0.6 is 0 Å². The first-order valence-corrected chi connectivity index (χ1v) is 8.07. The van der Waals surface area contributed by atoms with E-state index < -0.39 is 0 Å². The minimum atomic E-state index is -0.363. The molecule has 2 aromatic rings. The molecule has 0 saturated carbocycles. The highest BCUT2D eigenvalue weighted by atomic mass is 19.1. The molecular formula is C20H23FN2O2. The van der Waals surface area contributed by atoms with Crippen LogP contribution in [0.3, 0.4) is 0 Å². The first kappa shape index (κ1) is 18.6. The van der Waals surface area contributed by atoms with Crippen LogP contribution < -0.4 is 10.2 Å². The van der Waals surface area contributed by atoms with Crippen molar-refractivity contribution in [3.8, 4) is 5.75 Å². The standard InChI is InChI=1S/C20H23FN2O2/c1-14-11-16(20(2,3)4)7-10-18(14)25-13-19(24)23-22-12-15-5-8-17(21)9-6-15/h5-12H,13H2,1-4H3,(H,23,24)/b22-12+. The van der Waals surface area contributed by atoms with E-state index in [0.717, 1.165) is 5.56 Å². The van der Waals surface area contributed by atoms with Gasteiger partial charge in [-0.1, -0.05) is 45.0 Å². The van der Waals surface area contributed by atoms with Crippen LogP contribution in [0.25, 0.3) is 0 Å². The minimum Gasteiger partial charge on any atom is -0.483 e. The maximum Gasteiger partial charge on any atom is 0.277 e. The Labute approximate surface area is 147 Å². The van der Waals surface area contributed by atoms with Gasteiger partial charge < -0.3 is 4.74 Å². The first-order valence-electron chi connectivity index (χ1n) is 8.07. The van der Waals surface area contributed by atoms with Crippen molar-refractivity contribution in [2.45, 2.75) is 33.1 Å². The van der Waals surface area contributed by atoms with Crippen LogP contribution in [-0.2, 0) is 10.2 Å². The highest BCUT2D eigenvalue weighted by molar-refractivity contribution is 5.82. The molecule has 2 rings (SSSR count). The molecule has 4 nitrogen and oxygen atoms in total. The molecule has 0 fully saturated rings. The highest BCUT2D eigenvalue weighted by Crippen LogP contribution is 2.27. The molecule has 0 atom stereocenters. The quantitative estimate of drug-likeness (QED) is 0.660. The molecule has 0 radical (unpaired) electrons. The molecule has 0 aliphatic heterocycles. The number of hydrazone groups is 1. The van der Waals surface area contributed by atoms with Crippen molar-refractivity contribution in [1.82, 2.24) is 5.43 Å². The van der Waals surface area contributed by atoms with Crippen LogP contribution in [0.4, 0.5) is 4.39 Å². The number of hydrogen-bond acceptors (Lipinski definition) is 3. The van der Waals surface area contributed by atoms with Crippen molar-refractivity contribution >= 4 is 12.1 Å². The second kappa shape index (κ2) is 7.92. The number of carbonyl (C=O) groups excluding carboxylic acids is 1. The fraction of sp³-hybridized carbons (Fsp3) is 0.300. The van der Waals surface area contributed by atoms with Crippen molar-refractivity contribution in [2.24, 2.45) is 5.10 Å².